The van der Waals surface area contributed by atoms with Crippen molar-refractivity contribution < 1.29 is 9.53 Å². The number of nitrogens with zero attached hydrogens (tertiary/aromatic N) is 4. The highest BCUT2D eigenvalue weighted by Crippen LogP contribution is 2.30. The Morgan fingerprint density at radius 3 is 2.88 bits per heavy atom. The van der Waals surface area contributed by atoms with E-state index in [-0.39, 0.29) is 18.1 Å². The van der Waals surface area contributed by atoms with Gasteiger partial charge < -0.3 is 9.64 Å². The molecule has 0 bridgehead atoms. The lowest BCUT2D eigenvalue weighted by molar-refractivity contribution is 0.0592. The maximum atomic E-state index is 12.9. The smallest absolute Gasteiger partial charge is 0.272 e. The first-order valence-corrected chi connectivity index (χ1v) is 8.60. The van der Waals surface area contributed by atoms with E-state index >= 15 is 0 Å². The van der Waals surface area contributed by atoms with Gasteiger partial charge in [0, 0.05) is 25.9 Å². The van der Waals surface area contributed by atoms with Crippen molar-refractivity contribution >= 4 is 5.91 Å². The monoisotopic (exact) mass is 348 g/mol. The first-order valence-electron chi connectivity index (χ1n) is 8.60. The molecule has 0 N–H and O–H groups in total. The number of benzene rings is 1. The molecule has 1 aliphatic heterocycles. The molecular formula is C20H20N4O2. The van der Waals surface area contributed by atoms with Crippen molar-refractivity contribution in [2.24, 2.45) is 0 Å². The molecular weight excluding hydrogens is 328 g/mol. The van der Waals surface area contributed by atoms with Crippen LogP contribution >= 0.6 is 0 Å². The van der Waals surface area contributed by atoms with Crippen LogP contribution in [-0.4, -0.2) is 44.5 Å². The molecule has 3 heterocycles. The van der Waals surface area contributed by atoms with Crippen LogP contribution in [0.25, 0.3) is 5.82 Å². The molecule has 2 unspecified atom stereocenters. The number of carbonyl (C=O) groups is 1. The van der Waals surface area contributed by atoms with E-state index in [0.717, 1.165) is 12.2 Å². The molecule has 1 aromatic carbocycles. The number of pyridine rings is 1. The minimum Gasteiger partial charge on any atom is -0.488 e. The van der Waals surface area contributed by atoms with Gasteiger partial charge in [0.2, 0.25) is 0 Å². The van der Waals surface area contributed by atoms with Crippen LogP contribution < -0.4 is 4.74 Å². The van der Waals surface area contributed by atoms with Crippen molar-refractivity contribution in [3.63, 3.8) is 0 Å². The van der Waals surface area contributed by atoms with Crippen molar-refractivity contribution in [3.8, 4) is 11.6 Å². The maximum Gasteiger partial charge on any atom is 0.272 e. The number of ether oxygens (including phenoxy) is 1. The van der Waals surface area contributed by atoms with Crippen LogP contribution in [0.2, 0.25) is 0 Å². The molecule has 1 aliphatic rings. The van der Waals surface area contributed by atoms with Gasteiger partial charge in [0.25, 0.3) is 5.91 Å². The van der Waals surface area contributed by atoms with Crippen LogP contribution in [0.15, 0.2) is 61.2 Å². The summed E-state index contributed by atoms with van der Waals surface area (Å²) in [6, 6.07) is 13.3. The number of aromatic nitrogens is 3. The van der Waals surface area contributed by atoms with Crippen LogP contribution in [0.3, 0.4) is 0 Å². The molecule has 4 rings (SSSR count). The van der Waals surface area contributed by atoms with E-state index in [2.05, 4.69) is 16.0 Å². The Labute approximate surface area is 152 Å². The minimum atomic E-state index is -0.126. The first-order chi connectivity index (χ1) is 12.6. The second kappa shape index (κ2) is 6.63. The van der Waals surface area contributed by atoms with E-state index < -0.39 is 0 Å². The maximum absolute atomic E-state index is 12.9. The molecule has 0 spiro atoms. The van der Waals surface area contributed by atoms with Crippen LogP contribution in [-0.2, 0) is 6.42 Å². The van der Waals surface area contributed by atoms with Gasteiger partial charge in [0.15, 0.2) is 0 Å². The number of hydrogen-bond donors (Lipinski definition) is 0. The van der Waals surface area contributed by atoms with Crippen molar-refractivity contribution in [1.29, 1.82) is 0 Å². The van der Waals surface area contributed by atoms with E-state index in [1.54, 1.807) is 41.3 Å². The van der Waals surface area contributed by atoms with Gasteiger partial charge in [0.1, 0.15) is 29.7 Å². The molecule has 6 nitrogen and oxygen atoms in total. The Hall–Kier alpha value is -3.15. The normalized spacial score (nSPS) is 16.6. The molecule has 2 aromatic heterocycles. The first kappa shape index (κ1) is 16.3. The van der Waals surface area contributed by atoms with Gasteiger partial charge in [-0.15, -0.1) is 0 Å². The Balaban J connectivity index is 1.51. The van der Waals surface area contributed by atoms with Crippen LogP contribution in [0, 0.1) is 0 Å². The number of amides is 1. The predicted molar refractivity (Wildman–Crippen MR) is 97.5 cm³/mol. The fraction of sp³-hybridized carbons (Fsp3) is 0.250. The summed E-state index contributed by atoms with van der Waals surface area (Å²) in [4.78, 5) is 23.1. The molecule has 132 valence electrons. The topological polar surface area (TPSA) is 60.2 Å². The van der Waals surface area contributed by atoms with E-state index in [9.17, 15) is 4.79 Å². The summed E-state index contributed by atoms with van der Waals surface area (Å²) in [6.07, 6.45) is 5.88. The zero-order valence-corrected chi connectivity index (χ0v) is 14.7. The minimum absolute atomic E-state index is 0.0572. The Bertz CT molecular complexity index is 898. The van der Waals surface area contributed by atoms with Gasteiger partial charge in [0.05, 0.1) is 6.04 Å². The summed E-state index contributed by atoms with van der Waals surface area (Å²) in [7, 11) is 1.80. The van der Waals surface area contributed by atoms with Gasteiger partial charge in [-0.05, 0) is 30.7 Å². The second-order valence-corrected chi connectivity index (χ2v) is 6.48. The second-order valence-electron chi connectivity index (χ2n) is 6.48. The molecule has 3 aromatic rings. The number of carbonyl (C=O) groups excluding carboxylic acids is 1. The van der Waals surface area contributed by atoms with Crippen LogP contribution in [0.4, 0.5) is 0 Å². The van der Waals surface area contributed by atoms with Gasteiger partial charge in [-0.25, -0.2) is 9.97 Å². The van der Waals surface area contributed by atoms with E-state index in [1.165, 1.54) is 5.56 Å². The number of para-hydroxylation sites is 1. The summed E-state index contributed by atoms with van der Waals surface area (Å²) in [6.45, 7) is 2.01. The van der Waals surface area contributed by atoms with Gasteiger partial charge in [-0.2, -0.15) is 0 Å². The fourth-order valence-electron chi connectivity index (χ4n) is 3.17. The van der Waals surface area contributed by atoms with Crippen LogP contribution in [0.5, 0.6) is 5.75 Å². The fourth-order valence-corrected chi connectivity index (χ4v) is 3.17. The third-order valence-electron chi connectivity index (χ3n) is 4.86. The molecule has 0 fully saturated rings. The van der Waals surface area contributed by atoms with Crippen molar-refractivity contribution in [1.82, 2.24) is 19.4 Å². The largest absolute Gasteiger partial charge is 0.488 e. The standard InChI is InChI=1S/C20H20N4O2/c1-14(18-12-15-6-3-4-8-17(15)26-18)23(2)20(25)16-7-5-9-19(22-16)24-11-10-21-13-24/h3-11,13-14,18H,12H2,1-2H3. The number of hydrogen-bond acceptors (Lipinski definition) is 4. The Morgan fingerprint density at radius 2 is 2.12 bits per heavy atom. The zero-order valence-electron chi connectivity index (χ0n) is 14.7. The lowest BCUT2D eigenvalue weighted by atomic mass is 10.0. The summed E-state index contributed by atoms with van der Waals surface area (Å²) in [5.41, 5.74) is 1.59. The molecule has 0 saturated heterocycles. The molecule has 0 saturated carbocycles. The zero-order chi connectivity index (χ0) is 18.1. The number of likely N-dealkylation sites (N-methyl/N-ethyl adjacent to an activating group) is 1. The number of imidazole rings is 1. The Kier molecular flexibility index (Phi) is 4.16. The van der Waals surface area contributed by atoms with Gasteiger partial charge >= 0.3 is 0 Å². The number of rotatable bonds is 4. The lowest BCUT2D eigenvalue weighted by Crippen LogP contribution is -2.44. The molecule has 6 heteroatoms. The van der Waals surface area contributed by atoms with Gasteiger partial charge in [-0.3, -0.25) is 9.36 Å². The quantitative estimate of drug-likeness (QED) is 0.727. The Morgan fingerprint density at radius 1 is 1.27 bits per heavy atom. The summed E-state index contributed by atoms with van der Waals surface area (Å²) < 4.78 is 7.81. The summed E-state index contributed by atoms with van der Waals surface area (Å²) >= 11 is 0. The van der Waals surface area contributed by atoms with E-state index in [4.69, 9.17) is 4.74 Å². The lowest BCUT2D eigenvalue weighted by Gasteiger charge is -2.29. The SMILES string of the molecule is CC(C1Cc2ccccc2O1)N(C)C(=O)c1cccc(-n2ccnc2)n1. The molecule has 2 atom stereocenters. The third kappa shape index (κ3) is 2.94. The summed E-state index contributed by atoms with van der Waals surface area (Å²) in [5, 5.41) is 0. The van der Waals surface area contributed by atoms with Crippen LogP contribution in [0.1, 0.15) is 23.0 Å². The third-order valence-corrected chi connectivity index (χ3v) is 4.86. The molecule has 1 amide bonds. The number of fused-ring (bicyclic) bond motifs is 1. The van der Waals surface area contributed by atoms with Crippen molar-refractivity contribution in [3.05, 3.63) is 72.4 Å². The predicted octanol–water partition coefficient (Wildman–Crippen LogP) is 2.73. The average molecular weight is 348 g/mol. The molecule has 0 aliphatic carbocycles. The summed E-state index contributed by atoms with van der Waals surface area (Å²) in [5.74, 6) is 1.45. The van der Waals surface area contributed by atoms with Crippen molar-refractivity contribution in [2.45, 2.75) is 25.5 Å². The molecule has 0 radical (unpaired) electrons. The van der Waals surface area contributed by atoms with E-state index in [0.29, 0.717) is 11.5 Å². The highest BCUT2D eigenvalue weighted by molar-refractivity contribution is 5.92. The average Bonchev–Trinajstić information content (AvgIpc) is 3.36. The van der Waals surface area contributed by atoms with Crippen molar-refractivity contribution in [2.75, 3.05) is 7.05 Å². The highest BCUT2D eigenvalue weighted by atomic mass is 16.5. The van der Waals surface area contributed by atoms with E-state index in [1.807, 2.05) is 37.3 Å². The highest BCUT2D eigenvalue weighted by Gasteiger charge is 2.32. The van der Waals surface area contributed by atoms with Gasteiger partial charge in [-0.1, -0.05) is 24.3 Å². The molecule has 26 heavy (non-hydrogen) atoms.